The van der Waals surface area contributed by atoms with Crippen molar-refractivity contribution in [1.29, 1.82) is 5.26 Å². The van der Waals surface area contributed by atoms with Crippen molar-refractivity contribution in [2.75, 3.05) is 6.54 Å². The molecule has 5 nitrogen and oxygen atoms in total. The summed E-state index contributed by atoms with van der Waals surface area (Å²) in [6, 6.07) is 23.2. The highest BCUT2D eigenvalue weighted by Crippen LogP contribution is 2.32. The van der Waals surface area contributed by atoms with E-state index in [4.69, 9.17) is 0 Å². The summed E-state index contributed by atoms with van der Waals surface area (Å²) in [7, 11) is -1.56. The van der Waals surface area contributed by atoms with Crippen LogP contribution in [0.3, 0.4) is 0 Å². The third kappa shape index (κ3) is 3.48. The van der Waals surface area contributed by atoms with Crippen LogP contribution < -0.4 is 0 Å². The van der Waals surface area contributed by atoms with Gasteiger partial charge in [0.25, 0.3) is 0 Å². The summed E-state index contributed by atoms with van der Waals surface area (Å²) in [6.07, 6.45) is 3.33. The smallest absolute Gasteiger partial charge is 0.243 e. The monoisotopic (exact) mass is 443 g/mol. The zero-order valence-electron chi connectivity index (χ0n) is 18.0. The van der Waals surface area contributed by atoms with Crippen molar-refractivity contribution < 1.29 is 8.42 Å². The van der Waals surface area contributed by atoms with Crippen LogP contribution in [-0.2, 0) is 23.5 Å². The number of nitriles is 1. The fraction of sp³-hybridized carbons (Fsp3) is 0.269. The van der Waals surface area contributed by atoms with Crippen molar-refractivity contribution in [3.63, 3.8) is 0 Å². The quantitative estimate of drug-likeness (QED) is 0.436. The molecule has 0 spiro atoms. The second-order valence-electron chi connectivity index (χ2n) is 8.51. The highest BCUT2D eigenvalue weighted by molar-refractivity contribution is 7.89. The molecule has 1 aliphatic heterocycles. The molecule has 6 heteroatoms. The Kier molecular flexibility index (Phi) is 5.24. The summed E-state index contributed by atoms with van der Waals surface area (Å²) in [6.45, 7) is 0.566. The summed E-state index contributed by atoms with van der Waals surface area (Å²) in [5.41, 5.74) is 2.84. The molecule has 0 bridgehead atoms. The summed E-state index contributed by atoms with van der Waals surface area (Å²) in [4.78, 5) is 0.399. The van der Waals surface area contributed by atoms with Gasteiger partial charge in [-0.15, -0.1) is 0 Å². The number of aromatic nitrogens is 1. The lowest BCUT2D eigenvalue weighted by molar-refractivity contribution is 0.369. The Morgan fingerprint density at radius 2 is 1.84 bits per heavy atom. The molecule has 0 amide bonds. The summed E-state index contributed by atoms with van der Waals surface area (Å²) in [5.74, 6) is 0. The van der Waals surface area contributed by atoms with E-state index in [0.29, 0.717) is 17.0 Å². The molecular weight excluding hydrogens is 418 g/mol. The normalized spacial score (nSPS) is 17.2. The van der Waals surface area contributed by atoms with Crippen molar-refractivity contribution in [2.45, 2.75) is 36.6 Å². The number of nitrogens with zero attached hydrogens (tertiary/aromatic N) is 3. The molecule has 162 valence electrons. The van der Waals surface area contributed by atoms with E-state index in [-0.39, 0.29) is 6.04 Å². The molecular formula is C26H25N3O2S. The lowest BCUT2D eigenvalue weighted by atomic mass is 10.1. The maximum Gasteiger partial charge on any atom is 0.243 e. The van der Waals surface area contributed by atoms with Gasteiger partial charge in [0, 0.05) is 36.2 Å². The number of hydrogen-bond acceptors (Lipinski definition) is 3. The molecule has 1 atom stereocenters. The van der Waals surface area contributed by atoms with Crippen molar-refractivity contribution in [1.82, 2.24) is 8.87 Å². The first-order valence-electron chi connectivity index (χ1n) is 11.0. The number of aryl methyl sites for hydroxylation is 2. The molecule has 5 rings (SSSR count). The van der Waals surface area contributed by atoms with E-state index in [2.05, 4.69) is 16.7 Å². The van der Waals surface area contributed by atoms with E-state index in [9.17, 15) is 13.7 Å². The Labute approximate surface area is 188 Å². The zero-order valence-corrected chi connectivity index (χ0v) is 18.8. The lowest BCUT2D eigenvalue weighted by Gasteiger charge is -2.25. The van der Waals surface area contributed by atoms with Gasteiger partial charge in [-0.2, -0.15) is 9.57 Å². The summed E-state index contributed by atoms with van der Waals surface area (Å²) >= 11 is 0. The van der Waals surface area contributed by atoms with Gasteiger partial charge in [-0.1, -0.05) is 42.5 Å². The maximum atomic E-state index is 13.6. The van der Waals surface area contributed by atoms with Gasteiger partial charge in [0.1, 0.15) is 0 Å². The fourth-order valence-electron chi connectivity index (χ4n) is 4.97. The molecule has 1 aliphatic rings. The first-order chi connectivity index (χ1) is 15.5. The summed E-state index contributed by atoms with van der Waals surface area (Å²) in [5, 5.41) is 12.0. The maximum absolute atomic E-state index is 13.6. The van der Waals surface area contributed by atoms with Gasteiger partial charge < -0.3 is 4.57 Å². The minimum absolute atomic E-state index is 0.00773. The van der Waals surface area contributed by atoms with Crippen LogP contribution in [0.15, 0.2) is 71.6 Å². The van der Waals surface area contributed by atoms with Crippen molar-refractivity contribution in [3.05, 3.63) is 78.0 Å². The Hall–Kier alpha value is -3.14. The van der Waals surface area contributed by atoms with E-state index in [1.807, 2.05) is 61.6 Å². The van der Waals surface area contributed by atoms with Gasteiger partial charge in [0.15, 0.2) is 0 Å². The van der Waals surface area contributed by atoms with Gasteiger partial charge >= 0.3 is 0 Å². The van der Waals surface area contributed by atoms with E-state index in [0.717, 1.165) is 53.1 Å². The fourth-order valence-corrected chi connectivity index (χ4v) is 6.91. The second-order valence-corrected chi connectivity index (χ2v) is 10.4. The average molecular weight is 444 g/mol. The van der Waals surface area contributed by atoms with E-state index in [1.165, 1.54) is 0 Å². The van der Waals surface area contributed by atoms with Gasteiger partial charge in [0.05, 0.1) is 16.5 Å². The van der Waals surface area contributed by atoms with Gasteiger partial charge in [-0.25, -0.2) is 8.42 Å². The number of hydrogen-bond donors (Lipinski definition) is 0. The van der Waals surface area contributed by atoms with Crippen LogP contribution in [0.4, 0.5) is 0 Å². The van der Waals surface area contributed by atoms with Crippen LogP contribution in [0.1, 0.15) is 30.5 Å². The molecule has 4 aromatic rings. The predicted molar refractivity (Wildman–Crippen MR) is 127 cm³/mol. The van der Waals surface area contributed by atoms with Crippen LogP contribution in [0.2, 0.25) is 0 Å². The molecule has 0 unspecified atom stereocenters. The van der Waals surface area contributed by atoms with Crippen molar-refractivity contribution in [2.24, 2.45) is 7.05 Å². The first-order valence-corrected chi connectivity index (χ1v) is 12.4. The molecule has 0 saturated carbocycles. The topological polar surface area (TPSA) is 66.1 Å². The minimum atomic E-state index is -3.57. The van der Waals surface area contributed by atoms with Gasteiger partial charge in [0.2, 0.25) is 10.0 Å². The molecule has 0 N–H and O–H groups in total. The molecule has 2 heterocycles. The lowest BCUT2D eigenvalue weighted by Crippen LogP contribution is -2.36. The molecule has 3 aromatic carbocycles. The van der Waals surface area contributed by atoms with E-state index in [1.54, 1.807) is 10.4 Å². The predicted octanol–water partition coefficient (Wildman–Crippen LogP) is 4.99. The molecule has 1 saturated heterocycles. The van der Waals surface area contributed by atoms with Crippen LogP contribution in [0.25, 0.3) is 21.7 Å². The van der Waals surface area contributed by atoms with Gasteiger partial charge in [-0.05, 0) is 60.7 Å². The van der Waals surface area contributed by atoms with Gasteiger partial charge in [-0.3, -0.25) is 0 Å². The number of benzene rings is 3. The Bertz CT molecular complexity index is 1460. The van der Waals surface area contributed by atoms with Crippen molar-refractivity contribution in [3.8, 4) is 6.07 Å². The Balaban J connectivity index is 1.41. The molecule has 0 radical (unpaired) electrons. The highest BCUT2D eigenvalue weighted by atomic mass is 32.2. The zero-order chi connectivity index (χ0) is 22.3. The molecule has 0 aliphatic carbocycles. The summed E-state index contributed by atoms with van der Waals surface area (Å²) < 4.78 is 31.1. The van der Waals surface area contributed by atoms with Crippen molar-refractivity contribution >= 4 is 31.7 Å². The number of fused-ring (bicyclic) bond motifs is 2. The van der Waals surface area contributed by atoms with Crippen LogP contribution >= 0.6 is 0 Å². The number of rotatable bonds is 5. The molecule has 32 heavy (non-hydrogen) atoms. The molecule has 1 fully saturated rings. The Morgan fingerprint density at radius 1 is 1.03 bits per heavy atom. The standard InChI is InChI=1S/C26H25N3O2S/c1-28-23(17-21-12-11-19(18-27)16-25(21)28)14-13-22-8-5-15-29(22)32(30,31)26-10-4-7-20-6-2-3-9-24(20)26/h2-4,6-7,9-12,16-17,22H,5,8,13-15H2,1H3/t22-/m0/s1. The SMILES string of the molecule is Cn1c(CC[C@@H]2CCCN2S(=O)(=O)c2cccc3ccccc23)cc2ccc(C#N)cc21. The first kappa shape index (κ1) is 20.7. The second kappa shape index (κ2) is 8.09. The molecule has 1 aromatic heterocycles. The Morgan fingerprint density at radius 3 is 2.69 bits per heavy atom. The number of sulfonamides is 1. The van der Waals surface area contributed by atoms with E-state index < -0.39 is 10.0 Å². The largest absolute Gasteiger partial charge is 0.348 e. The van der Waals surface area contributed by atoms with Crippen LogP contribution in [0, 0.1) is 11.3 Å². The third-order valence-electron chi connectivity index (χ3n) is 6.67. The highest BCUT2D eigenvalue weighted by Gasteiger charge is 2.35. The third-order valence-corrected chi connectivity index (χ3v) is 8.68. The minimum Gasteiger partial charge on any atom is -0.348 e. The van der Waals surface area contributed by atoms with E-state index >= 15 is 0 Å². The van der Waals surface area contributed by atoms with Crippen LogP contribution in [-0.4, -0.2) is 29.9 Å². The van der Waals surface area contributed by atoms with Crippen LogP contribution in [0.5, 0.6) is 0 Å². The average Bonchev–Trinajstić information content (AvgIpc) is 3.42.